The molecule has 3 rings (SSSR count). The first-order valence-electron chi connectivity index (χ1n) is 9.56. The van der Waals surface area contributed by atoms with Crippen LogP contribution >= 0.6 is 23.2 Å². The molecule has 0 aliphatic heterocycles. The Morgan fingerprint density at radius 1 is 0.929 bits per heavy atom. The maximum absolute atomic E-state index is 13.2. The lowest BCUT2D eigenvalue weighted by Crippen LogP contribution is -2.44. The van der Waals surface area contributed by atoms with Gasteiger partial charge in [0.1, 0.15) is 5.75 Å². The Kier molecular flexibility index (Phi) is 5.06. The Bertz CT molecular complexity index is 985. The van der Waals surface area contributed by atoms with Crippen LogP contribution in [0.5, 0.6) is 5.75 Å². The largest absolute Gasteiger partial charge is 0.542 e. The van der Waals surface area contributed by atoms with E-state index in [1.165, 1.54) is 0 Å². The maximum atomic E-state index is 13.2. The summed E-state index contributed by atoms with van der Waals surface area (Å²) in [4.78, 5) is 13.2. The minimum absolute atomic E-state index is 0.0352. The van der Waals surface area contributed by atoms with Gasteiger partial charge in [-0.25, -0.2) is 0 Å². The van der Waals surface area contributed by atoms with Gasteiger partial charge in [0, 0.05) is 21.6 Å². The molecule has 5 heteroatoms. The fourth-order valence-corrected chi connectivity index (χ4v) is 5.55. The topological polar surface area (TPSA) is 26.3 Å². The van der Waals surface area contributed by atoms with Crippen molar-refractivity contribution in [2.24, 2.45) is 0 Å². The number of aryl methyl sites for hydroxylation is 1. The zero-order chi connectivity index (χ0) is 21.2. The van der Waals surface area contributed by atoms with Crippen LogP contribution in [0.3, 0.4) is 0 Å². The Morgan fingerprint density at radius 2 is 1.43 bits per heavy atom. The molecule has 150 valence electrons. The van der Waals surface area contributed by atoms with Crippen LogP contribution in [0.1, 0.15) is 67.2 Å². The van der Waals surface area contributed by atoms with Crippen molar-refractivity contribution in [3.63, 3.8) is 0 Å². The molecule has 0 spiro atoms. The van der Waals surface area contributed by atoms with Crippen LogP contribution in [0.2, 0.25) is 28.2 Å². The molecule has 0 saturated carbocycles. The van der Waals surface area contributed by atoms with E-state index in [9.17, 15) is 4.79 Å². The highest BCUT2D eigenvalue weighted by molar-refractivity contribution is 6.74. The normalized spacial score (nSPS) is 15.9. The zero-order valence-electron chi connectivity index (χ0n) is 17.9. The van der Waals surface area contributed by atoms with E-state index in [-0.39, 0.29) is 10.8 Å². The lowest BCUT2D eigenvalue weighted by atomic mass is 9.68. The highest BCUT2D eigenvalue weighted by Crippen LogP contribution is 2.50. The lowest BCUT2D eigenvalue weighted by molar-refractivity contribution is 0.103. The number of hydrogen-bond acceptors (Lipinski definition) is 2. The number of carbonyl (C=O) groups is 1. The van der Waals surface area contributed by atoms with Crippen LogP contribution in [-0.2, 0) is 5.41 Å². The fraction of sp³-hybridized carbons (Fsp3) is 0.435. The predicted molar refractivity (Wildman–Crippen MR) is 121 cm³/mol. The maximum Gasteiger partial charge on any atom is 0.250 e. The summed E-state index contributed by atoms with van der Waals surface area (Å²) < 4.78 is 6.50. The van der Waals surface area contributed by atoms with Crippen molar-refractivity contribution in [1.82, 2.24) is 0 Å². The minimum Gasteiger partial charge on any atom is -0.542 e. The summed E-state index contributed by atoms with van der Waals surface area (Å²) in [6.45, 7) is 17.1. The number of ketones is 1. The van der Waals surface area contributed by atoms with Crippen LogP contribution in [0, 0.1) is 6.92 Å². The van der Waals surface area contributed by atoms with Gasteiger partial charge in [0.05, 0.1) is 5.02 Å². The molecule has 0 aromatic heterocycles. The van der Waals surface area contributed by atoms with Crippen molar-refractivity contribution in [1.29, 1.82) is 0 Å². The number of fused-ring (bicyclic) bond motifs is 2. The van der Waals surface area contributed by atoms with Gasteiger partial charge in [-0.2, -0.15) is 0 Å². The first-order valence-corrected chi connectivity index (χ1v) is 13.2. The second kappa shape index (κ2) is 6.61. The van der Waals surface area contributed by atoms with Crippen molar-refractivity contribution in [2.45, 2.75) is 65.1 Å². The molecule has 0 heterocycles. The van der Waals surface area contributed by atoms with E-state index in [1.54, 1.807) is 0 Å². The Morgan fingerprint density at radius 3 is 1.96 bits per heavy atom. The van der Waals surface area contributed by atoms with Gasteiger partial charge in [-0.1, -0.05) is 70.0 Å². The molecule has 0 bridgehead atoms. The molecule has 0 atom stereocenters. The molecular weight excluding hydrogens is 407 g/mol. The molecule has 2 aromatic carbocycles. The predicted octanol–water partition coefficient (Wildman–Crippen LogP) is 7.56. The summed E-state index contributed by atoms with van der Waals surface area (Å²) in [5, 5.41) is 1.20. The second-order valence-corrected chi connectivity index (χ2v) is 15.2. The van der Waals surface area contributed by atoms with Gasteiger partial charge in [-0.15, -0.1) is 0 Å². The molecule has 0 unspecified atom stereocenters. The Labute approximate surface area is 179 Å². The van der Waals surface area contributed by atoms with Gasteiger partial charge in [-0.3, -0.25) is 4.79 Å². The van der Waals surface area contributed by atoms with Crippen molar-refractivity contribution in [2.75, 3.05) is 0 Å². The standard InChI is InChI=1S/C23H28Cl2O2Si/c1-13-9-10-14-17(19(13)24)23(5,6)18-15(21(14)26)11-12-16(20(18)25)27-28(7,8)22(2,3)4/h9-12H,1-8H3. The average molecular weight is 435 g/mol. The third-order valence-electron chi connectivity index (χ3n) is 6.35. The SMILES string of the molecule is Cc1ccc2c(c1Cl)C(C)(C)c1c(ccc(O[Si](C)(C)C(C)(C)C)c1Cl)C2=O. The van der Waals surface area contributed by atoms with Crippen LogP contribution in [0.15, 0.2) is 24.3 Å². The van der Waals surface area contributed by atoms with E-state index < -0.39 is 13.7 Å². The molecule has 2 aromatic rings. The van der Waals surface area contributed by atoms with Gasteiger partial charge in [0.15, 0.2) is 5.78 Å². The summed E-state index contributed by atoms with van der Waals surface area (Å²) in [6, 6.07) is 7.47. The molecular formula is C23H28Cl2O2Si. The molecule has 0 radical (unpaired) electrons. The third kappa shape index (κ3) is 3.12. The van der Waals surface area contributed by atoms with Crippen molar-refractivity contribution in [3.8, 4) is 5.75 Å². The van der Waals surface area contributed by atoms with Gasteiger partial charge in [-0.05, 0) is 53.9 Å². The molecule has 1 aliphatic carbocycles. The number of benzene rings is 2. The highest BCUT2D eigenvalue weighted by Gasteiger charge is 2.43. The lowest BCUT2D eigenvalue weighted by Gasteiger charge is -2.39. The monoisotopic (exact) mass is 434 g/mol. The molecule has 28 heavy (non-hydrogen) atoms. The quantitative estimate of drug-likeness (QED) is 0.455. The van der Waals surface area contributed by atoms with Gasteiger partial charge in [0.25, 0.3) is 8.32 Å². The van der Waals surface area contributed by atoms with E-state index in [1.807, 2.05) is 31.2 Å². The van der Waals surface area contributed by atoms with Gasteiger partial charge >= 0.3 is 0 Å². The van der Waals surface area contributed by atoms with E-state index in [2.05, 4.69) is 47.7 Å². The van der Waals surface area contributed by atoms with E-state index in [0.29, 0.717) is 26.9 Å². The summed E-state index contributed by atoms with van der Waals surface area (Å²) in [5.41, 5.74) is 3.38. The van der Waals surface area contributed by atoms with E-state index in [0.717, 1.165) is 16.7 Å². The second-order valence-electron chi connectivity index (χ2n) is 9.74. The average Bonchev–Trinajstić information content (AvgIpc) is 2.55. The van der Waals surface area contributed by atoms with Crippen LogP contribution in [0.25, 0.3) is 0 Å². The number of rotatable bonds is 2. The first kappa shape index (κ1) is 21.4. The summed E-state index contributed by atoms with van der Waals surface area (Å²) in [6.07, 6.45) is 0. The number of hydrogen-bond donors (Lipinski definition) is 0. The van der Waals surface area contributed by atoms with Crippen molar-refractivity contribution < 1.29 is 9.22 Å². The Balaban J connectivity index is 2.24. The van der Waals surface area contributed by atoms with Gasteiger partial charge in [0.2, 0.25) is 0 Å². The summed E-state index contributed by atoms with van der Waals surface area (Å²) in [5.74, 6) is 0.618. The van der Waals surface area contributed by atoms with Crippen LogP contribution in [-0.4, -0.2) is 14.1 Å². The minimum atomic E-state index is -2.07. The Hall–Kier alpha value is -1.29. The van der Waals surface area contributed by atoms with Crippen LogP contribution in [0.4, 0.5) is 0 Å². The molecule has 0 N–H and O–H groups in total. The zero-order valence-corrected chi connectivity index (χ0v) is 20.4. The number of carbonyl (C=O) groups excluding carboxylic acids is 1. The number of halogens is 2. The molecule has 0 amide bonds. The molecule has 2 nitrogen and oxygen atoms in total. The smallest absolute Gasteiger partial charge is 0.250 e. The molecule has 0 saturated heterocycles. The molecule has 1 aliphatic rings. The summed E-state index contributed by atoms with van der Waals surface area (Å²) >= 11 is 13.6. The van der Waals surface area contributed by atoms with Crippen LogP contribution < -0.4 is 4.43 Å². The highest BCUT2D eigenvalue weighted by atomic mass is 35.5. The summed E-state index contributed by atoms with van der Waals surface area (Å²) in [7, 11) is -2.07. The van der Waals surface area contributed by atoms with Gasteiger partial charge < -0.3 is 4.43 Å². The van der Waals surface area contributed by atoms with Crippen molar-refractivity contribution in [3.05, 3.63) is 62.1 Å². The van der Waals surface area contributed by atoms with E-state index in [4.69, 9.17) is 27.6 Å². The fourth-order valence-electron chi connectivity index (χ4n) is 3.61. The first-order chi connectivity index (χ1) is 12.7. The molecule has 0 fully saturated rings. The van der Waals surface area contributed by atoms with E-state index >= 15 is 0 Å². The third-order valence-corrected chi connectivity index (χ3v) is 11.6. The van der Waals surface area contributed by atoms with Crippen molar-refractivity contribution >= 4 is 37.3 Å².